The minimum atomic E-state index is -0.242. The van der Waals surface area contributed by atoms with Gasteiger partial charge in [-0.15, -0.1) is 0 Å². The van der Waals surface area contributed by atoms with Gasteiger partial charge in [0.1, 0.15) is 11.6 Å². The number of nitriles is 1. The third-order valence-electron chi connectivity index (χ3n) is 6.90. The summed E-state index contributed by atoms with van der Waals surface area (Å²) in [5.41, 5.74) is 4.98. The number of piperazine rings is 1. The Hall–Kier alpha value is -3.21. The number of benzene rings is 2. The van der Waals surface area contributed by atoms with Crippen LogP contribution in [0.25, 0.3) is 5.69 Å². The fourth-order valence-electron chi connectivity index (χ4n) is 4.77. The first-order valence-corrected chi connectivity index (χ1v) is 12.0. The van der Waals surface area contributed by atoms with Crippen molar-refractivity contribution < 1.29 is 4.39 Å². The smallest absolute Gasteiger partial charge is 0.137 e. The van der Waals surface area contributed by atoms with Gasteiger partial charge in [-0.05, 0) is 68.8 Å². The van der Waals surface area contributed by atoms with Crippen molar-refractivity contribution in [3.63, 3.8) is 0 Å². The van der Waals surface area contributed by atoms with Gasteiger partial charge in [-0.2, -0.15) is 10.4 Å². The normalized spacial score (nSPS) is 16.7. The van der Waals surface area contributed by atoms with Crippen LogP contribution < -0.4 is 4.90 Å². The van der Waals surface area contributed by atoms with E-state index >= 15 is 0 Å². The number of hydrogen-bond acceptors (Lipinski definition) is 5. The standard InChI is InChI=1S/C27H31FN6/c1-20-26(19-33(24-10-11-24)18-22-5-3-4-21(16-22)17-29)27(32-14-12-31(2)13-15-32)34(30-20)25-8-6-23(28)7-9-25/h3-9,16,24H,10-15,18-19H2,1-2H3. The van der Waals surface area contributed by atoms with E-state index in [4.69, 9.17) is 5.10 Å². The highest BCUT2D eigenvalue weighted by Gasteiger charge is 2.32. The Morgan fingerprint density at radius 2 is 1.79 bits per heavy atom. The second kappa shape index (κ2) is 9.57. The number of anilines is 1. The molecule has 0 N–H and O–H groups in total. The van der Waals surface area contributed by atoms with Crippen molar-refractivity contribution in [1.29, 1.82) is 5.26 Å². The number of aryl methyl sites for hydroxylation is 1. The molecule has 2 aliphatic rings. The molecule has 1 aliphatic carbocycles. The lowest BCUT2D eigenvalue weighted by molar-refractivity contribution is 0.245. The highest BCUT2D eigenvalue weighted by atomic mass is 19.1. The molecule has 0 spiro atoms. The quantitative estimate of drug-likeness (QED) is 0.533. The molecule has 0 atom stereocenters. The van der Waals surface area contributed by atoms with Gasteiger partial charge in [0.2, 0.25) is 0 Å². The molecule has 1 aliphatic heterocycles. The second-order valence-corrected chi connectivity index (χ2v) is 9.51. The van der Waals surface area contributed by atoms with Crippen LogP contribution in [0.3, 0.4) is 0 Å². The van der Waals surface area contributed by atoms with Gasteiger partial charge in [0.15, 0.2) is 0 Å². The van der Waals surface area contributed by atoms with E-state index in [0.717, 1.165) is 62.0 Å². The Kier molecular flexibility index (Phi) is 6.36. The van der Waals surface area contributed by atoms with Crippen LogP contribution in [-0.4, -0.2) is 58.8 Å². The predicted molar refractivity (Wildman–Crippen MR) is 131 cm³/mol. The molecule has 5 rings (SSSR count). The largest absolute Gasteiger partial charge is 0.354 e. The number of rotatable bonds is 7. The molecule has 2 aromatic carbocycles. The van der Waals surface area contributed by atoms with Crippen molar-refractivity contribution in [2.75, 3.05) is 38.1 Å². The van der Waals surface area contributed by atoms with Gasteiger partial charge < -0.3 is 9.80 Å². The Labute approximate surface area is 200 Å². The Morgan fingerprint density at radius 3 is 2.47 bits per heavy atom. The van der Waals surface area contributed by atoms with Gasteiger partial charge in [-0.1, -0.05) is 12.1 Å². The van der Waals surface area contributed by atoms with Crippen molar-refractivity contribution in [1.82, 2.24) is 19.6 Å². The highest BCUT2D eigenvalue weighted by molar-refractivity contribution is 5.56. The van der Waals surface area contributed by atoms with E-state index in [-0.39, 0.29) is 5.82 Å². The topological polar surface area (TPSA) is 51.3 Å². The number of halogens is 1. The monoisotopic (exact) mass is 458 g/mol. The molecule has 1 saturated heterocycles. The lowest BCUT2D eigenvalue weighted by atomic mass is 10.1. The van der Waals surface area contributed by atoms with E-state index in [9.17, 15) is 9.65 Å². The molecule has 1 aromatic heterocycles. The van der Waals surface area contributed by atoms with Crippen LogP contribution in [0, 0.1) is 24.1 Å². The minimum absolute atomic E-state index is 0.242. The van der Waals surface area contributed by atoms with Crippen LogP contribution in [0.2, 0.25) is 0 Å². The highest BCUT2D eigenvalue weighted by Crippen LogP contribution is 2.35. The number of likely N-dealkylation sites (N-methyl/N-ethyl adjacent to an activating group) is 1. The van der Waals surface area contributed by atoms with E-state index in [1.165, 1.54) is 30.5 Å². The lowest BCUT2D eigenvalue weighted by Gasteiger charge is -2.35. The zero-order chi connectivity index (χ0) is 23.7. The predicted octanol–water partition coefficient (Wildman–Crippen LogP) is 4.11. The summed E-state index contributed by atoms with van der Waals surface area (Å²) in [6.07, 6.45) is 2.40. The van der Waals surface area contributed by atoms with Gasteiger partial charge >= 0.3 is 0 Å². The number of hydrogen-bond donors (Lipinski definition) is 0. The van der Waals surface area contributed by atoms with Crippen molar-refractivity contribution in [2.45, 2.75) is 38.9 Å². The Morgan fingerprint density at radius 1 is 1.06 bits per heavy atom. The van der Waals surface area contributed by atoms with Gasteiger partial charge in [0, 0.05) is 50.9 Å². The molecule has 6 nitrogen and oxygen atoms in total. The van der Waals surface area contributed by atoms with Crippen molar-refractivity contribution in [2.24, 2.45) is 0 Å². The van der Waals surface area contributed by atoms with Gasteiger partial charge in [0.05, 0.1) is 23.0 Å². The maximum absolute atomic E-state index is 13.6. The second-order valence-electron chi connectivity index (χ2n) is 9.51. The van der Waals surface area contributed by atoms with Gasteiger partial charge in [-0.3, -0.25) is 4.90 Å². The van der Waals surface area contributed by atoms with Crippen LogP contribution in [0.15, 0.2) is 48.5 Å². The van der Waals surface area contributed by atoms with E-state index in [2.05, 4.69) is 40.8 Å². The summed E-state index contributed by atoms with van der Waals surface area (Å²) >= 11 is 0. The first kappa shape index (κ1) is 22.6. The number of aromatic nitrogens is 2. The van der Waals surface area contributed by atoms with Crippen LogP contribution >= 0.6 is 0 Å². The van der Waals surface area contributed by atoms with Crippen molar-refractivity contribution >= 4 is 5.82 Å². The third kappa shape index (κ3) is 4.84. The fourth-order valence-corrected chi connectivity index (χ4v) is 4.77. The Balaban J connectivity index is 1.50. The average Bonchev–Trinajstić information content (AvgIpc) is 3.64. The first-order valence-electron chi connectivity index (χ1n) is 12.0. The van der Waals surface area contributed by atoms with E-state index in [1.807, 2.05) is 22.9 Å². The van der Waals surface area contributed by atoms with E-state index in [0.29, 0.717) is 11.6 Å². The summed E-state index contributed by atoms with van der Waals surface area (Å²) in [4.78, 5) is 7.30. The van der Waals surface area contributed by atoms with Crippen LogP contribution in [0.1, 0.15) is 35.2 Å². The molecule has 0 radical (unpaired) electrons. The molecule has 3 aromatic rings. The summed E-state index contributed by atoms with van der Waals surface area (Å²) in [5.74, 6) is 0.877. The number of nitrogens with zero attached hydrogens (tertiary/aromatic N) is 6. The molecular weight excluding hydrogens is 427 g/mol. The van der Waals surface area contributed by atoms with Crippen LogP contribution in [0.5, 0.6) is 0 Å². The summed E-state index contributed by atoms with van der Waals surface area (Å²) in [7, 11) is 2.16. The molecule has 34 heavy (non-hydrogen) atoms. The summed E-state index contributed by atoms with van der Waals surface area (Å²) < 4.78 is 15.6. The average molecular weight is 459 g/mol. The SMILES string of the molecule is Cc1nn(-c2ccc(F)cc2)c(N2CCN(C)CC2)c1CN(Cc1cccc(C#N)c1)C1CC1. The first-order chi connectivity index (χ1) is 16.5. The van der Waals surface area contributed by atoms with Crippen LogP contribution in [0.4, 0.5) is 10.2 Å². The maximum atomic E-state index is 13.6. The molecule has 0 unspecified atom stereocenters. The van der Waals surface area contributed by atoms with E-state index in [1.54, 1.807) is 12.1 Å². The zero-order valence-corrected chi connectivity index (χ0v) is 19.9. The minimum Gasteiger partial charge on any atom is -0.354 e. The van der Waals surface area contributed by atoms with Gasteiger partial charge in [-0.25, -0.2) is 9.07 Å². The zero-order valence-electron chi connectivity index (χ0n) is 19.9. The molecule has 2 fully saturated rings. The molecule has 1 saturated carbocycles. The summed E-state index contributed by atoms with van der Waals surface area (Å²) in [5, 5.41) is 14.3. The van der Waals surface area contributed by atoms with Crippen molar-refractivity contribution in [3.8, 4) is 11.8 Å². The maximum Gasteiger partial charge on any atom is 0.137 e. The van der Waals surface area contributed by atoms with E-state index < -0.39 is 0 Å². The van der Waals surface area contributed by atoms with Crippen molar-refractivity contribution in [3.05, 3.63) is 76.7 Å². The molecule has 0 bridgehead atoms. The third-order valence-corrected chi connectivity index (χ3v) is 6.90. The molecule has 7 heteroatoms. The lowest BCUT2D eigenvalue weighted by Crippen LogP contribution is -2.45. The Bertz CT molecular complexity index is 1180. The molecular formula is C27H31FN6. The van der Waals surface area contributed by atoms with Crippen LogP contribution in [-0.2, 0) is 13.1 Å². The fraction of sp³-hybridized carbons (Fsp3) is 0.407. The summed E-state index contributed by atoms with van der Waals surface area (Å²) in [6.45, 7) is 7.56. The molecule has 0 amide bonds. The molecule has 2 heterocycles. The molecule has 176 valence electrons. The summed E-state index contributed by atoms with van der Waals surface area (Å²) in [6, 6.07) is 17.3. The van der Waals surface area contributed by atoms with Gasteiger partial charge in [0.25, 0.3) is 0 Å².